The maximum atomic E-state index is 12.8. The number of benzene rings is 1. The van der Waals surface area contributed by atoms with E-state index in [9.17, 15) is 14.7 Å². The minimum Gasteiger partial charge on any atom is -0.481 e. The fourth-order valence-corrected chi connectivity index (χ4v) is 3.52. The molecule has 1 aliphatic rings. The molecular formula is C16H21NO4S. The van der Waals surface area contributed by atoms with Gasteiger partial charge in [0.2, 0.25) is 0 Å². The van der Waals surface area contributed by atoms with E-state index in [-0.39, 0.29) is 19.1 Å². The van der Waals surface area contributed by atoms with Crippen molar-refractivity contribution >= 4 is 23.6 Å². The number of carbonyl (C=O) groups excluding carboxylic acids is 1. The van der Waals surface area contributed by atoms with E-state index in [1.54, 1.807) is 11.0 Å². The van der Waals surface area contributed by atoms with Crippen LogP contribution in [0.25, 0.3) is 0 Å². The summed E-state index contributed by atoms with van der Waals surface area (Å²) in [5.74, 6) is -1.00. The van der Waals surface area contributed by atoms with E-state index in [2.05, 4.69) is 0 Å². The summed E-state index contributed by atoms with van der Waals surface area (Å²) in [6.45, 7) is 0.897. The number of thioether (sulfide) groups is 1. The average Bonchev–Trinajstić information content (AvgIpc) is 2.54. The third-order valence-electron chi connectivity index (χ3n) is 4.08. The SMILES string of the molecule is COCC1(C(=O)O)CCCN(C(=O)c2ccccc2SC)C1. The topological polar surface area (TPSA) is 66.8 Å². The Morgan fingerprint density at radius 3 is 2.77 bits per heavy atom. The molecule has 1 atom stereocenters. The van der Waals surface area contributed by atoms with Crippen molar-refractivity contribution in [3.63, 3.8) is 0 Å². The first-order chi connectivity index (χ1) is 10.5. The van der Waals surface area contributed by atoms with Crippen molar-refractivity contribution in [1.29, 1.82) is 0 Å². The van der Waals surface area contributed by atoms with Crippen LogP contribution >= 0.6 is 11.8 Å². The molecule has 2 rings (SSSR count). The summed E-state index contributed by atoms with van der Waals surface area (Å²) in [6, 6.07) is 7.42. The second-order valence-corrected chi connectivity index (χ2v) is 6.40. The second-order valence-electron chi connectivity index (χ2n) is 5.55. The van der Waals surface area contributed by atoms with Gasteiger partial charge in [-0.15, -0.1) is 11.8 Å². The lowest BCUT2D eigenvalue weighted by molar-refractivity contribution is -0.155. The van der Waals surface area contributed by atoms with Gasteiger partial charge in [-0.3, -0.25) is 9.59 Å². The van der Waals surface area contributed by atoms with Crippen molar-refractivity contribution in [3.05, 3.63) is 29.8 Å². The number of ether oxygens (including phenoxy) is 1. The van der Waals surface area contributed by atoms with Crippen molar-refractivity contribution in [1.82, 2.24) is 4.90 Å². The highest BCUT2D eigenvalue weighted by Crippen LogP contribution is 2.32. The fraction of sp³-hybridized carbons (Fsp3) is 0.500. The fourth-order valence-electron chi connectivity index (χ4n) is 2.93. The molecule has 1 heterocycles. The van der Waals surface area contributed by atoms with Crippen molar-refractivity contribution < 1.29 is 19.4 Å². The van der Waals surface area contributed by atoms with Crippen LogP contribution in [0.3, 0.4) is 0 Å². The van der Waals surface area contributed by atoms with Crippen LogP contribution in [0.1, 0.15) is 23.2 Å². The zero-order chi connectivity index (χ0) is 16.2. The lowest BCUT2D eigenvalue weighted by atomic mass is 9.80. The first kappa shape index (κ1) is 16.8. The van der Waals surface area contributed by atoms with Gasteiger partial charge in [-0.1, -0.05) is 12.1 Å². The van der Waals surface area contributed by atoms with Gasteiger partial charge in [0.25, 0.3) is 5.91 Å². The van der Waals surface area contributed by atoms with Gasteiger partial charge >= 0.3 is 5.97 Å². The van der Waals surface area contributed by atoms with Crippen LogP contribution in [0.5, 0.6) is 0 Å². The zero-order valence-corrected chi connectivity index (χ0v) is 13.7. The monoisotopic (exact) mass is 323 g/mol. The van der Waals surface area contributed by atoms with Gasteiger partial charge in [-0.25, -0.2) is 0 Å². The predicted molar refractivity (Wildman–Crippen MR) is 85.3 cm³/mol. The number of rotatable bonds is 5. The number of amides is 1. The maximum absolute atomic E-state index is 12.8. The molecule has 22 heavy (non-hydrogen) atoms. The number of piperidine rings is 1. The minimum atomic E-state index is -1.00. The number of methoxy groups -OCH3 is 1. The van der Waals surface area contributed by atoms with E-state index >= 15 is 0 Å². The van der Waals surface area contributed by atoms with Crippen LogP contribution in [0.2, 0.25) is 0 Å². The number of nitrogens with zero attached hydrogens (tertiary/aromatic N) is 1. The highest BCUT2D eigenvalue weighted by molar-refractivity contribution is 7.98. The summed E-state index contributed by atoms with van der Waals surface area (Å²) >= 11 is 1.52. The summed E-state index contributed by atoms with van der Waals surface area (Å²) in [5, 5.41) is 9.57. The summed E-state index contributed by atoms with van der Waals surface area (Å²) in [6.07, 6.45) is 3.13. The third kappa shape index (κ3) is 3.28. The van der Waals surface area contributed by atoms with E-state index in [0.29, 0.717) is 24.9 Å². The standard InChI is InChI=1S/C16H21NO4S/c1-21-11-16(15(19)20)8-5-9-17(10-16)14(18)12-6-3-4-7-13(12)22-2/h3-4,6-7H,5,8-11H2,1-2H3,(H,19,20). The second kappa shape index (κ2) is 7.15. The molecule has 1 aliphatic heterocycles. The quantitative estimate of drug-likeness (QED) is 0.843. The van der Waals surface area contributed by atoms with Gasteiger partial charge < -0.3 is 14.7 Å². The zero-order valence-electron chi connectivity index (χ0n) is 12.9. The van der Waals surface area contributed by atoms with Crippen molar-refractivity contribution in [2.24, 2.45) is 5.41 Å². The van der Waals surface area contributed by atoms with Crippen LogP contribution in [0.15, 0.2) is 29.2 Å². The van der Waals surface area contributed by atoms with E-state index in [4.69, 9.17) is 4.74 Å². The van der Waals surface area contributed by atoms with E-state index in [0.717, 1.165) is 4.90 Å². The molecule has 5 nitrogen and oxygen atoms in total. The highest BCUT2D eigenvalue weighted by atomic mass is 32.2. The first-order valence-electron chi connectivity index (χ1n) is 7.19. The van der Waals surface area contributed by atoms with Crippen molar-refractivity contribution in [2.75, 3.05) is 33.1 Å². The number of carboxylic acid groups (broad SMARTS) is 1. The van der Waals surface area contributed by atoms with Gasteiger partial charge in [0.05, 0.1) is 12.2 Å². The molecule has 6 heteroatoms. The summed E-state index contributed by atoms with van der Waals surface area (Å²) in [4.78, 5) is 27.0. The number of carbonyl (C=O) groups is 2. The van der Waals surface area contributed by atoms with Gasteiger partial charge in [0.1, 0.15) is 5.41 Å². The van der Waals surface area contributed by atoms with Gasteiger partial charge in [-0.2, -0.15) is 0 Å². The molecule has 0 saturated carbocycles. The number of carboxylic acids is 1. The molecule has 1 saturated heterocycles. The van der Waals surface area contributed by atoms with Gasteiger partial charge in [-0.05, 0) is 31.2 Å². The Balaban J connectivity index is 2.25. The Hall–Kier alpha value is -1.53. The first-order valence-corrected chi connectivity index (χ1v) is 8.41. The van der Waals surface area contributed by atoms with E-state index in [1.165, 1.54) is 18.9 Å². The van der Waals surface area contributed by atoms with E-state index in [1.807, 2.05) is 24.5 Å². The summed E-state index contributed by atoms with van der Waals surface area (Å²) in [5.41, 5.74) is -0.370. The molecule has 1 amide bonds. The van der Waals surface area contributed by atoms with E-state index < -0.39 is 11.4 Å². The molecule has 1 fully saturated rings. The van der Waals surface area contributed by atoms with Crippen LogP contribution in [-0.2, 0) is 9.53 Å². The Morgan fingerprint density at radius 2 is 2.14 bits per heavy atom. The number of hydrogen-bond donors (Lipinski definition) is 1. The number of hydrogen-bond acceptors (Lipinski definition) is 4. The molecule has 1 aromatic carbocycles. The van der Waals surface area contributed by atoms with Crippen molar-refractivity contribution in [3.8, 4) is 0 Å². The molecule has 0 aromatic heterocycles. The normalized spacial score (nSPS) is 21.6. The Kier molecular flexibility index (Phi) is 5.47. The van der Waals surface area contributed by atoms with Crippen LogP contribution < -0.4 is 0 Å². The largest absolute Gasteiger partial charge is 0.481 e. The molecule has 0 spiro atoms. The summed E-state index contributed by atoms with van der Waals surface area (Å²) < 4.78 is 5.10. The van der Waals surface area contributed by atoms with Crippen LogP contribution in [0.4, 0.5) is 0 Å². The van der Waals surface area contributed by atoms with Gasteiger partial charge in [0.15, 0.2) is 0 Å². The lowest BCUT2D eigenvalue weighted by Gasteiger charge is -2.39. The van der Waals surface area contributed by atoms with Crippen LogP contribution in [0, 0.1) is 5.41 Å². The molecule has 1 aromatic rings. The number of aliphatic carboxylic acids is 1. The Labute approximate surface area is 134 Å². The predicted octanol–water partition coefficient (Wildman–Crippen LogP) is 2.36. The van der Waals surface area contributed by atoms with Gasteiger partial charge in [0, 0.05) is 25.1 Å². The third-order valence-corrected chi connectivity index (χ3v) is 4.87. The molecule has 1 N–H and O–H groups in total. The molecule has 120 valence electrons. The summed E-state index contributed by atoms with van der Waals surface area (Å²) in [7, 11) is 1.49. The Morgan fingerprint density at radius 1 is 1.41 bits per heavy atom. The molecule has 0 bridgehead atoms. The molecule has 0 radical (unpaired) electrons. The van der Waals surface area contributed by atoms with Crippen LogP contribution in [-0.4, -0.2) is 54.9 Å². The molecule has 1 unspecified atom stereocenters. The maximum Gasteiger partial charge on any atom is 0.313 e. The molecular weight excluding hydrogens is 302 g/mol. The highest BCUT2D eigenvalue weighted by Gasteiger charge is 2.44. The van der Waals surface area contributed by atoms with Crippen molar-refractivity contribution in [2.45, 2.75) is 17.7 Å². The number of likely N-dealkylation sites (tertiary alicyclic amines) is 1. The lowest BCUT2D eigenvalue weighted by Crippen LogP contribution is -2.52. The average molecular weight is 323 g/mol. The molecule has 0 aliphatic carbocycles. The smallest absolute Gasteiger partial charge is 0.313 e. The minimum absolute atomic E-state index is 0.105. The Bertz CT molecular complexity index is 559.